The molecule has 4 nitrogen and oxygen atoms in total. The molecule has 0 fully saturated rings. The van der Waals surface area contributed by atoms with Crippen LogP contribution >= 0.6 is 0 Å². The molecule has 1 aliphatic carbocycles. The van der Waals surface area contributed by atoms with Crippen molar-refractivity contribution in [1.82, 2.24) is 0 Å². The minimum atomic E-state index is -0.321. The van der Waals surface area contributed by atoms with Gasteiger partial charge in [0, 0.05) is 17.1 Å². The molecule has 0 bridgehead atoms. The standard InChI is InChI=1S/C23H32O4/c1-5-7-8-9-16-12-20(24)22(21(25)13-16)19-14-17(23(26)27-6-2)10-11-18(19)15(3)4/h12-14,18-19,24-25H,3,5-11H2,1-2,4H3/t18-,19+/m0/s1. The average Bonchev–Trinajstić information content (AvgIpc) is 2.61. The van der Waals surface area contributed by atoms with Gasteiger partial charge in [0.05, 0.1) is 6.61 Å². The molecule has 0 aromatic heterocycles. The second-order valence-corrected chi connectivity index (χ2v) is 7.43. The zero-order valence-corrected chi connectivity index (χ0v) is 16.8. The molecule has 0 unspecified atom stereocenters. The van der Waals surface area contributed by atoms with Crippen LogP contribution < -0.4 is 0 Å². The summed E-state index contributed by atoms with van der Waals surface area (Å²) in [6.07, 6.45) is 7.29. The quantitative estimate of drug-likeness (QED) is 0.365. The lowest BCUT2D eigenvalue weighted by Crippen LogP contribution is -2.21. The highest BCUT2D eigenvalue weighted by Gasteiger charge is 2.32. The fraction of sp³-hybridized carbons (Fsp3) is 0.522. The normalized spacial score (nSPS) is 19.4. The van der Waals surface area contributed by atoms with Crippen LogP contribution in [0, 0.1) is 5.92 Å². The fourth-order valence-electron chi connectivity index (χ4n) is 3.88. The van der Waals surface area contributed by atoms with Gasteiger partial charge in [0.15, 0.2) is 0 Å². The molecular weight excluding hydrogens is 340 g/mol. The molecule has 0 saturated carbocycles. The van der Waals surface area contributed by atoms with Crippen molar-refractivity contribution < 1.29 is 19.7 Å². The molecule has 0 amide bonds. The number of carbonyl (C=O) groups is 1. The number of ether oxygens (including phenoxy) is 1. The molecule has 148 valence electrons. The van der Waals surface area contributed by atoms with E-state index in [1.165, 1.54) is 0 Å². The van der Waals surface area contributed by atoms with Gasteiger partial charge < -0.3 is 14.9 Å². The third-order valence-corrected chi connectivity index (χ3v) is 5.31. The smallest absolute Gasteiger partial charge is 0.333 e. The summed E-state index contributed by atoms with van der Waals surface area (Å²) in [6.45, 7) is 10.3. The summed E-state index contributed by atoms with van der Waals surface area (Å²) in [7, 11) is 0. The van der Waals surface area contributed by atoms with E-state index in [-0.39, 0.29) is 29.3 Å². The van der Waals surface area contributed by atoms with E-state index in [0.29, 0.717) is 24.2 Å². The Bertz CT molecular complexity index is 694. The Hall–Kier alpha value is -2.23. The Morgan fingerprint density at radius 2 is 1.89 bits per heavy atom. The van der Waals surface area contributed by atoms with Gasteiger partial charge in [-0.25, -0.2) is 4.79 Å². The molecule has 1 aromatic carbocycles. The van der Waals surface area contributed by atoms with Gasteiger partial charge in [0.1, 0.15) is 11.5 Å². The molecule has 0 heterocycles. The van der Waals surface area contributed by atoms with Gasteiger partial charge in [-0.3, -0.25) is 0 Å². The van der Waals surface area contributed by atoms with Crippen LogP contribution in [0.25, 0.3) is 0 Å². The zero-order valence-electron chi connectivity index (χ0n) is 16.8. The molecular formula is C23H32O4. The van der Waals surface area contributed by atoms with Crippen LogP contribution in [0.5, 0.6) is 11.5 Å². The molecule has 0 saturated heterocycles. The number of aryl methyl sites for hydroxylation is 1. The Morgan fingerprint density at radius 1 is 1.22 bits per heavy atom. The average molecular weight is 373 g/mol. The summed E-state index contributed by atoms with van der Waals surface area (Å²) >= 11 is 0. The summed E-state index contributed by atoms with van der Waals surface area (Å²) in [5.74, 6) is -0.387. The number of benzene rings is 1. The van der Waals surface area contributed by atoms with E-state index in [2.05, 4.69) is 13.5 Å². The summed E-state index contributed by atoms with van der Waals surface area (Å²) in [5, 5.41) is 21.3. The van der Waals surface area contributed by atoms with Crippen LogP contribution in [-0.2, 0) is 16.0 Å². The van der Waals surface area contributed by atoms with E-state index < -0.39 is 0 Å². The van der Waals surface area contributed by atoms with Gasteiger partial charge in [-0.05, 0) is 63.1 Å². The van der Waals surface area contributed by atoms with Gasteiger partial charge in [-0.15, -0.1) is 0 Å². The van der Waals surface area contributed by atoms with E-state index in [0.717, 1.165) is 43.2 Å². The van der Waals surface area contributed by atoms with Gasteiger partial charge in [-0.1, -0.05) is 38.0 Å². The van der Waals surface area contributed by atoms with Gasteiger partial charge in [0.25, 0.3) is 0 Å². The van der Waals surface area contributed by atoms with Crippen molar-refractivity contribution in [3.8, 4) is 11.5 Å². The van der Waals surface area contributed by atoms with E-state index in [9.17, 15) is 15.0 Å². The molecule has 0 spiro atoms. The second-order valence-electron chi connectivity index (χ2n) is 7.43. The topological polar surface area (TPSA) is 66.8 Å². The molecule has 2 N–H and O–H groups in total. The molecule has 1 aliphatic rings. The SMILES string of the molecule is C=C(C)[C@@H]1CCC(C(=O)OCC)=C[C@H]1c1c(O)cc(CCCCC)cc1O. The minimum absolute atomic E-state index is 0.0610. The number of esters is 1. The number of allylic oxidation sites excluding steroid dienone is 2. The minimum Gasteiger partial charge on any atom is -0.507 e. The van der Waals surface area contributed by atoms with Gasteiger partial charge in [-0.2, -0.15) is 0 Å². The molecule has 1 aromatic rings. The third kappa shape index (κ3) is 5.15. The molecule has 0 aliphatic heterocycles. The Balaban J connectivity index is 2.39. The molecule has 4 heteroatoms. The summed E-state index contributed by atoms with van der Waals surface area (Å²) < 4.78 is 5.14. The Morgan fingerprint density at radius 3 is 2.44 bits per heavy atom. The third-order valence-electron chi connectivity index (χ3n) is 5.31. The van der Waals surface area contributed by atoms with Crippen molar-refractivity contribution in [2.45, 2.75) is 65.2 Å². The van der Waals surface area contributed by atoms with Crippen molar-refractivity contribution in [3.05, 3.63) is 47.1 Å². The number of rotatable bonds is 8. The molecule has 0 radical (unpaired) electrons. The number of phenolic OH excluding ortho intramolecular Hbond substituents is 2. The van der Waals surface area contributed by atoms with Crippen LogP contribution in [0.4, 0.5) is 0 Å². The first-order valence-electron chi connectivity index (χ1n) is 9.96. The van der Waals surface area contributed by atoms with Crippen LogP contribution in [0.2, 0.25) is 0 Å². The number of phenols is 2. The lowest BCUT2D eigenvalue weighted by atomic mass is 9.73. The second kappa shape index (κ2) is 9.63. The summed E-state index contributed by atoms with van der Waals surface area (Å²) in [6, 6.07) is 3.49. The van der Waals surface area contributed by atoms with Crippen molar-refractivity contribution in [2.24, 2.45) is 5.92 Å². The van der Waals surface area contributed by atoms with Crippen molar-refractivity contribution in [1.29, 1.82) is 0 Å². The van der Waals surface area contributed by atoms with Crippen molar-refractivity contribution in [3.63, 3.8) is 0 Å². The van der Waals surface area contributed by atoms with Gasteiger partial charge in [0.2, 0.25) is 0 Å². The number of hydrogen-bond acceptors (Lipinski definition) is 4. The van der Waals surface area contributed by atoms with Crippen LogP contribution in [-0.4, -0.2) is 22.8 Å². The van der Waals surface area contributed by atoms with Crippen LogP contribution in [0.15, 0.2) is 35.9 Å². The first kappa shape index (κ1) is 21.1. The van der Waals surface area contributed by atoms with Crippen molar-refractivity contribution in [2.75, 3.05) is 6.61 Å². The predicted molar refractivity (Wildman–Crippen MR) is 108 cm³/mol. The van der Waals surface area contributed by atoms with E-state index >= 15 is 0 Å². The van der Waals surface area contributed by atoms with Gasteiger partial charge >= 0.3 is 5.97 Å². The first-order chi connectivity index (χ1) is 12.9. The largest absolute Gasteiger partial charge is 0.507 e. The lowest BCUT2D eigenvalue weighted by Gasteiger charge is -2.31. The maximum Gasteiger partial charge on any atom is 0.333 e. The van der Waals surface area contributed by atoms with Crippen LogP contribution in [0.3, 0.4) is 0 Å². The van der Waals surface area contributed by atoms with Crippen molar-refractivity contribution >= 4 is 5.97 Å². The highest BCUT2D eigenvalue weighted by Crippen LogP contribution is 2.46. The maximum absolute atomic E-state index is 12.2. The maximum atomic E-state index is 12.2. The molecule has 2 atom stereocenters. The fourth-order valence-corrected chi connectivity index (χ4v) is 3.88. The molecule has 2 rings (SSSR count). The zero-order chi connectivity index (χ0) is 20.0. The van der Waals surface area contributed by atoms with E-state index in [1.54, 1.807) is 19.1 Å². The number of unbranched alkanes of at least 4 members (excludes halogenated alkanes) is 2. The highest BCUT2D eigenvalue weighted by molar-refractivity contribution is 5.89. The number of hydrogen-bond donors (Lipinski definition) is 2. The monoisotopic (exact) mass is 372 g/mol. The van der Waals surface area contributed by atoms with Crippen LogP contribution in [0.1, 0.15) is 69.9 Å². The van der Waals surface area contributed by atoms with E-state index in [4.69, 9.17) is 4.74 Å². The van der Waals surface area contributed by atoms with E-state index in [1.807, 2.05) is 13.0 Å². The lowest BCUT2D eigenvalue weighted by molar-refractivity contribution is -0.138. The predicted octanol–water partition coefficient (Wildman–Crippen LogP) is 5.39. The summed E-state index contributed by atoms with van der Waals surface area (Å²) in [4.78, 5) is 12.2. The Kier molecular flexibility index (Phi) is 7.52. The number of aromatic hydroxyl groups is 2. The first-order valence-corrected chi connectivity index (χ1v) is 9.96. The molecule has 27 heavy (non-hydrogen) atoms. The Labute approximate surface area is 162 Å². The number of carbonyl (C=O) groups excluding carboxylic acids is 1. The summed E-state index contributed by atoms with van der Waals surface area (Å²) in [5.41, 5.74) is 2.98. The highest BCUT2D eigenvalue weighted by atomic mass is 16.5.